The summed E-state index contributed by atoms with van der Waals surface area (Å²) >= 11 is 0. The molecule has 9 aromatic carbocycles. The molecule has 13 aromatic rings. The first kappa shape index (κ1) is 34.4. The Morgan fingerprint density at radius 1 is 0.306 bits per heavy atom. The number of hydrogen-bond acceptors (Lipinski definition) is 3. The maximum atomic E-state index is 6.36. The summed E-state index contributed by atoms with van der Waals surface area (Å²) in [7, 11) is 0. The van der Waals surface area contributed by atoms with Crippen LogP contribution in [0.4, 0.5) is 0 Å². The maximum absolute atomic E-state index is 6.36. The van der Waals surface area contributed by atoms with Crippen molar-refractivity contribution in [2.75, 3.05) is 0 Å². The zero-order chi connectivity index (χ0) is 40.7. The fourth-order valence-corrected chi connectivity index (χ4v) is 9.62. The van der Waals surface area contributed by atoms with Gasteiger partial charge in [-0.15, -0.1) is 10.2 Å². The Bertz CT molecular complexity index is 3810. The van der Waals surface area contributed by atoms with E-state index in [1.165, 1.54) is 16.2 Å². The second-order valence-corrected chi connectivity index (χ2v) is 15.9. The van der Waals surface area contributed by atoms with Crippen LogP contribution in [0.2, 0.25) is 0 Å². The van der Waals surface area contributed by atoms with Crippen LogP contribution in [0, 0.1) is 0 Å². The molecule has 62 heavy (non-hydrogen) atoms. The van der Waals surface area contributed by atoms with Gasteiger partial charge in [0.1, 0.15) is 11.2 Å². The van der Waals surface area contributed by atoms with E-state index >= 15 is 0 Å². The third-order valence-corrected chi connectivity index (χ3v) is 12.4. The molecule has 0 atom stereocenters. The maximum Gasteiger partial charge on any atom is 0.168 e. The third kappa shape index (κ3) is 5.17. The van der Waals surface area contributed by atoms with E-state index in [0.29, 0.717) is 0 Å². The molecule has 0 bridgehead atoms. The van der Waals surface area contributed by atoms with E-state index in [1.54, 1.807) is 0 Å². The van der Waals surface area contributed by atoms with Gasteiger partial charge in [-0.3, -0.25) is 4.57 Å². The van der Waals surface area contributed by atoms with Crippen LogP contribution in [0.15, 0.2) is 217 Å². The number of benzene rings is 9. The smallest absolute Gasteiger partial charge is 0.168 e. The quantitative estimate of drug-likeness (QED) is 0.168. The zero-order valence-corrected chi connectivity index (χ0v) is 33.4. The van der Waals surface area contributed by atoms with Gasteiger partial charge in [0, 0.05) is 54.8 Å². The molecule has 0 aliphatic carbocycles. The van der Waals surface area contributed by atoms with Crippen LogP contribution in [-0.2, 0) is 0 Å². The highest BCUT2D eigenvalue weighted by atomic mass is 16.3. The minimum atomic E-state index is 0.783. The van der Waals surface area contributed by atoms with Gasteiger partial charge >= 0.3 is 0 Å². The number of para-hydroxylation sites is 4. The van der Waals surface area contributed by atoms with Crippen molar-refractivity contribution in [3.63, 3.8) is 0 Å². The predicted octanol–water partition coefficient (Wildman–Crippen LogP) is 14.4. The lowest BCUT2D eigenvalue weighted by atomic mass is 10.0. The average Bonchev–Trinajstić information content (AvgIpc) is 4.11. The van der Waals surface area contributed by atoms with E-state index in [4.69, 9.17) is 14.6 Å². The molecule has 13 rings (SSSR count). The summed E-state index contributed by atoms with van der Waals surface area (Å²) in [5.41, 5.74) is 13.7. The van der Waals surface area contributed by atoms with Crippen LogP contribution in [0.3, 0.4) is 0 Å². The van der Waals surface area contributed by atoms with Gasteiger partial charge in [0.15, 0.2) is 11.6 Å². The molecule has 0 aliphatic heterocycles. The summed E-state index contributed by atoms with van der Waals surface area (Å²) in [4.78, 5) is 0. The molecule has 290 valence electrons. The molecule has 0 aliphatic rings. The molecule has 4 aromatic heterocycles. The van der Waals surface area contributed by atoms with Crippen molar-refractivity contribution < 1.29 is 4.42 Å². The van der Waals surface area contributed by atoms with E-state index in [9.17, 15) is 0 Å². The van der Waals surface area contributed by atoms with Gasteiger partial charge in [-0.05, 0) is 71.8 Å². The highest BCUT2D eigenvalue weighted by Gasteiger charge is 2.23. The second kappa shape index (κ2) is 13.5. The van der Waals surface area contributed by atoms with Crippen LogP contribution >= 0.6 is 0 Å². The van der Waals surface area contributed by atoms with Gasteiger partial charge in [0.25, 0.3) is 0 Å². The van der Waals surface area contributed by atoms with Crippen molar-refractivity contribution in [1.29, 1.82) is 0 Å². The highest BCUT2D eigenvalue weighted by Crippen LogP contribution is 2.41. The van der Waals surface area contributed by atoms with Crippen LogP contribution < -0.4 is 0 Å². The Hall–Kier alpha value is -8.48. The molecule has 0 N–H and O–H groups in total. The first-order valence-electron chi connectivity index (χ1n) is 20.9. The van der Waals surface area contributed by atoms with Crippen LogP contribution in [0.5, 0.6) is 0 Å². The summed E-state index contributed by atoms with van der Waals surface area (Å²) in [5.74, 6) is 1.57. The van der Waals surface area contributed by atoms with Crippen LogP contribution in [-0.4, -0.2) is 23.9 Å². The van der Waals surface area contributed by atoms with Gasteiger partial charge < -0.3 is 13.6 Å². The normalized spacial score (nSPS) is 11.9. The molecular weight excluding hydrogens is 759 g/mol. The lowest BCUT2D eigenvalue weighted by molar-refractivity contribution is 0.669. The Labute approximate surface area is 355 Å². The van der Waals surface area contributed by atoms with Crippen LogP contribution in [0.25, 0.3) is 117 Å². The topological polar surface area (TPSA) is 53.7 Å². The highest BCUT2D eigenvalue weighted by molar-refractivity contribution is 6.17. The molecule has 0 amide bonds. The fraction of sp³-hybridized carbons (Fsp3) is 0. The van der Waals surface area contributed by atoms with Gasteiger partial charge in [0.05, 0.1) is 27.8 Å². The van der Waals surface area contributed by atoms with Gasteiger partial charge in [-0.25, -0.2) is 0 Å². The molecule has 4 heterocycles. The van der Waals surface area contributed by atoms with Crippen molar-refractivity contribution in [1.82, 2.24) is 23.9 Å². The van der Waals surface area contributed by atoms with Crippen molar-refractivity contribution >= 4 is 65.6 Å². The van der Waals surface area contributed by atoms with Gasteiger partial charge in [-0.1, -0.05) is 152 Å². The first-order valence-corrected chi connectivity index (χ1v) is 20.9. The average molecular weight is 794 g/mol. The fourth-order valence-electron chi connectivity index (χ4n) is 9.62. The molecule has 6 nitrogen and oxygen atoms in total. The summed E-state index contributed by atoms with van der Waals surface area (Å²) in [5, 5.41) is 16.6. The third-order valence-electron chi connectivity index (χ3n) is 12.4. The lowest BCUT2D eigenvalue weighted by Gasteiger charge is -2.16. The number of nitrogens with zero attached hydrogens (tertiary/aromatic N) is 5. The Morgan fingerprint density at radius 2 is 0.823 bits per heavy atom. The monoisotopic (exact) mass is 793 g/mol. The van der Waals surface area contributed by atoms with E-state index in [1.807, 2.05) is 24.3 Å². The van der Waals surface area contributed by atoms with Crippen LogP contribution in [0.1, 0.15) is 0 Å². The van der Waals surface area contributed by atoms with Crippen molar-refractivity contribution in [3.8, 4) is 51.0 Å². The first-order chi connectivity index (χ1) is 30.8. The minimum absolute atomic E-state index is 0.783. The number of hydrogen-bond donors (Lipinski definition) is 0. The molecular formula is C56H35N5O. The molecule has 0 spiro atoms. The second-order valence-electron chi connectivity index (χ2n) is 15.9. The van der Waals surface area contributed by atoms with E-state index < -0.39 is 0 Å². The predicted molar refractivity (Wildman–Crippen MR) is 254 cm³/mol. The van der Waals surface area contributed by atoms with Gasteiger partial charge in [-0.2, -0.15) is 0 Å². The van der Waals surface area contributed by atoms with Crippen molar-refractivity contribution in [3.05, 3.63) is 212 Å². The summed E-state index contributed by atoms with van der Waals surface area (Å²) in [6.07, 6.45) is 0. The standard InChI is InChI=1S/C56H35N5O/c1-3-16-36(17-4-1)55-57-58-56(37-18-5-2-6-19-37)61(55)50-30-15-27-45-42-24-7-11-29-49(42)60(54(45)50)41-23-14-21-39(33-41)38-20-13-22-40(32-38)59-48-28-10-8-25-43(48)46-35-53-47(34-51(46)59)44-26-9-12-31-52(44)62-53/h1-35H. The number of rotatable bonds is 6. The van der Waals surface area contributed by atoms with E-state index in [0.717, 1.165) is 100 Å². The Balaban J connectivity index is 1.01. The molecule has 0 saturated carbocycles. The minimum Gasteiger partial charge on any atom is -0.456 e. The summed E-state index contributed by atoms with van der Waals surface area (Å²) < 4.78 is 13.4. The SMILES string of the molecule is c1ccc(-c2nnc(-c3ccccc3)n2-c2cccc3c4ccccc4n(-c4cccc(-c5cccc(-n6c7ccccc7c7cc8oc9ccccc9c8cc76)c5)c4)c23)cc1. The largest absolute Gasteiger partial charge is 0.456 e. The summed E-state index contributed by atoms with van der Waals surface area (Å²) in [6.45, 7) is 0. The molecule has 0 radical (unpaired) electrons. The molecule has 6 heteroatoms. The van der Waals surface area contributed by atoms with Crippen molar-refractivity contribution in [2.24, 2.45) is 0 Å². The zero-order valence-electron chi connectivity index (χ0n) is 33.4. The van der Waals surface area contributed by atoms with E-state index in [-0.39, 0.29) is 0 Å². The number of furan rings is 1. The molecule has 0 fully saturated rings. The lowest BCUT2D eigenvalue weighted by Crippen LogP contribution is -2.04. The molecule has 0 unspecified atom stereocenters. The Kier molecular flexibility index (Phi) is 7.50. The number of fused-ring (bicyclic) bond motifs is 9. The van der Waals surface area contributed by atoms with Crippen molar-refractivity contribution in [2.45, 2.75) is 0 Å². The van der Waals surface area contributed by atoms with Gasteiger partial charge in [0.2, 0.25) is 0 Å². The molecule has 0 saturated heterocycles. The number of aromatic nitrogens is 5. The summed E-state index contributed by atoms with van der Waals surface area (Å²) in [6, 6.07) is 75.2. The van der Waals surface area contributed by atoms with E-state index in [2.05, 4.69) is 202 Å². The Morgan fingerprint density at radius 3 is 1.50 bits per heavy atom.